The molecule has 2 N–H and O–H groups in total. The molecule has 0 aliphatic carbocycles. The zero-order valence-electron chi connectivity index (χ0n) is 30.5. The Bertz CT molecular complexity index is 2530. The number of hydrogen-bond donors (Lipinski definition) is 2. The number of aromatic nitrogens is 3. The highest BCUT2D eigenvalue weighted by atomic mass is 19.4. The fraction of sp³-hybridized carbons (Fsp3) is 0.268. The van der Waals surface area contributed by atoms with E-state index in [1.807, 2.05) is 11.8 Å². The molecule has 1 unspecified atom stereocenters. The Hall–Kier alpha value is -6.60. The number of nitrogens with zero attached hydrogens (tertiary/aromatic N) is 6. The van der Waals surface area contributed by atoms with Crippen LogP contribution in [0.15, 0.2) is 73.1 Å². The van der Waals surface area contributed by atoms with E-state index in [2.05, 4.69) is 32.6 Å². The minimum absolute atomic E-state index is 0.0264. The molecule has 8 rings (SSSR count). The van der Waals surface area contributed by atoms with Crippen molar-refractivity contribution < 1.29 is 36.7 Å². The van der Waals surface area contributed by atoms with Crippen LogP contribution in [0.3, 0.4) is 0 Å². The van der Waals surface area contributed by atoms with Crippen molar-refractivity contribution in [1.29, 1.82) is 0 Å². The molecule has 57 heavy (non-hydrogen) atoms. The molecule has 0 radical (unpaired) electrons. The monoisotopic (exact) mass is 778 g/mol. The van der Waals surface area contributed by atoms with Gasteiger partial charge in [-0.25, -0.2) is 13.9 Å². The van der Waals surface area contributed by atoms with Crippen LogP contribution in [-0.4, -0.2) is 80.2 Å². The number of piperidine rings is 1. The first-order valence-corrected chi connectivity index (χ1v) is 18.2. The van der Waals surface area contributed by atoms with Gasteiger partial charge in [0.2, 0.25) is 11.8 Å². The second-order valence-electron chi connectivity index (χ2n) is 14.1. The third kappa shape index (κ3) is 7.41. The smallest absolute Gasteiger partial charge is 0.368 e. The number of hydrogen-bond acceptors (Lipinski definition) is 8. The van der Waals surface area contributed by atoms with Crippen molar-refractivity contribution >= 4 is 40.7 Å². The van der Waals surface area contributed by atoms with Gasteiger partial charge in [-0.2, -0.15) is 18.3 Å². The van der Waals surface area contributed by atoms with Crippen LogP contribution < -0.4 is 15.5 Å². The number of halogens is 4. The average molecular weight is 779 g/mol. The van der Waals surface area contributed by atoms with Gasteiger partial charge in [-0.15, -0.1) is 0 Å². The summed E-state index contributed by atoms with van der Waals surface area (Å²) in [4.78, 5) is 59.4. The van der Waals surface area contributed by atoms with Crippen LogP contribution in [0.4, 0.5) is 28.9 Å². The van der Waals surface area contributed by atoms with Crippen LogP contribution in [0, 0.1) is 24.6 Å². The van der Waals surface area contributed by atoms with Gasteiger partial charge < -0.3 is 15.1 Å². The summed E-state index contributed by atoms with van der Waals surface area (Å²) in [6.45, 7) is 3.01. The summed E-state index contributed by atoms with van der Waals surface area (Å²) in [5.74, 6) is 3.42. The van der Waals surface area contributed by atoms with Gasteiger partial charge in [0.05, 0.1) is 18.3 Å². The van der Waals surface area contributed by atoms with Crippen LogP contribution in [0.2, 0.25) is 0 Å². The standard InChI is InChI=1S/C41H34F4N8O4/c1-24-4-5-26(19-25(24)6-9-29-21-46-35-3-2-14-47-53(29)35)38(55)48-28-8-11-33(32(20-28)41(43,44)45)51-17-15-50(16-18-51)22-27-7-10-30-31(37(27)42)23-52(40(30)57)34-12-13-36(54)49-39(34)56/h2-5,7-8,10-11,14,19-21,34H,12-13,15-18,22-23H2,1H3,(H,48,55)(H,49,54,56). The number of fused-ring (bicyclic) bond motifs is 2. The molecule has 2 fully saturated rings. The fourth-order valence-electron chi connectivity index (χ4n) is 7.43. The number of benzene rings is 3. The van der Waals surface area contributed by atoms with E-state index < -0.39 is 47.2 Å². The molecule has 0 saturated carbocycles. The summed E-state index contributed by atoms with van der Waals surface area (Å²) >= 11 is 0. The van der Waals surface area contributed by atoms with Gasteiger partial charge in [0.1, 0.15) is 17.6 Å². The zero-order valence-corrected chi connectivity index (χ0v) is 30.5. The largest absolute Gasteiger partial charge is 0.418 e. The molecule has 12 nitrogen and oxygen atoms in total. The number of aryl methyl sites for hydroxylation is 1. The highest BCUT2D eigenvalue weighted by Gasteiger charge is 2.41. The first kappa shape index (κ1) is 37.3. The number of piperazine rings is 1. The number of anilines is 2. The molecule has 3 aromatic carbocycles. The molecule has 16 heteroatoms. The van der Waals surface area contributed by atoms with E-state index in [1.54, 1.807) is 52.1 Å². The summed E-state index contributed by atoms with van der Waals surface area (Å²) in [6.07, 6.45) is -1.28. The summed E-state index contributed by atoms with van der Waals surface area (Å²) in [5.41, 5.74) is 2.46. The molecule has 1 atom stereocenters. The van der Waals surface area contributed by atoms with Crippen LogP contribution in [-0.2, 0) is 28.9 Å². The Morgan fingerprint density at radius 2 is 1.81 bits per heavy atom. The number of amides is 4. The molecule has 0 spiro atoms. The highest BCUT2D eigenvalue weighted by molar-refractivity contribution is 6.06. The van der Waals surface area contributed by atoms with E-state index in [1.165, 1.54) is 29.2 Å². The molecular weight excluding hydrogens is 744 g/mol. The molecular formula is C41H34F4N8O4. The molecule has 290 valence electrons. The first-order valence-electron chi connectivity index (χ1n) is 18.2. The van der Waals surface area contributed by atoms with Gasteiger partial charge in [0.25, 0.3) is 11.8 Å². The van der Waals surface area contributed by atoms with Gasteiger partial charge in [0.15, 0.2) is 5.65 Å². The third-order valence-electron chi connectivity index (χ3n) is 10.5. The number of nitrogens with one attached hydrogen (secondary N) is 2. The van der Waals surface area contributed by atoms with Crippen molar-refractivity contribution in [1.82, 2.24) is 29.7 Å². The van der Waals surface area contributed by atoms with Crippen molar-refractivity contribution in [2.75, 3.05) is 36.4 Å². The van der Waals surface area contributed by atoms with E-state index >= 15 is 4.39 Å². The SMILES string of the molecule is Cc1ccc(C(=O)Nc2ccc(N3CCN(Cc4ccc5c(c4F)CN(C4CCC(=O)NC4=O)C5=O)CC3)c(C(F)(F)F)c2)cc1C#Cc1cnc2cccnn12. The van der Waals surface area contributed by atoms with Crippen molar-refractivity contribution in [2.45, 2.75) is 45.1 Å². The van der Waals surface area contributed by atoms with Gasteiger partial charge in [0, 0.05) is 84.5 Å². The summed E-state index contributed by atoms with van der Waals surface area (Å²) < 4.78 is 60.9. The second-order valence-corrected chi connectivity index (χ2v) is 14.1. The van der Waals surface area contributed by atoms with Crippen LogP contribution in [0.5, 0.6) is 0 Å². The molecule has 2 saturated heterocycles. The Balaban J connectivity index is 0.924. The minimum atomic E-state index is -4.72. The molecule has 4 amide bonds. The number of carbonyl (C=O) groups excluding carboxylic acids is 4. The number of imide groups is 1. The third-order valence-corrected chi connectivity index (χ3v) is 10.5. The second kappa shape index (κ2) is 14.8. The van der Waals surface area contributed by atoms with Gasteiger partial charge in [-0.05, 0) is 73.4 Å². The van der Waals surface area contributed by atoms with Gasteiger partial charge in [-0.3, -0.25) is 29.4 Å². The lowest BCUT2D eigenvalue weighted by molar-refractivity contribution is -0.138. The normalized spacial score (nSPS) is 17.4. The Morgan fingerprint density at radius 1 is 1.00 bits per heavy atom. The average Bonchev–Trinajstić information content (AvgIpc) is 3.76. The van der Waals surface area contributed by atoms with E-state index in [0.29, 0.717) is 35.6 Å². The summed E-state index contributed by atoms with van der Waals surface area (Å²) in [6, 6.07) is 14.3. The van der Waals surface area contributed by atoms with E-state index in [4.69, 9.17) is 0 Å². The maximum absolute atomic E-state index is 15.8. The van der Waals surface area contributed by atoms with Crippen LogP contribution in [0.25, 0.3) is 5.65 Å². The maximum Gasteiger partial charge on any atom is 0.418 e. The van der Waals surface area contributed by atoms with Gasteiger partial charge >= 0.3 is 6.18 Å². The van der Waals surface area contributed by atoms with Gasteiger partial charge in [-0.1, -0.05) is 18.1 Å². The number of carbonyl (C=O) groups is 4. The van der Waals surface area contributed by atoms with Crippen LogP contribution >= 0.6 is 0 Å². The summed E-state index contributed by atoms with van der Waals surface area (Å²) in [7, 11) is 0. The number of imidazole rings is 1. The highest BCUT2D eigenvalue weighted by Crippen LogP contribution is 2.39. The van der Waals surface area contributed by atoms with E-state index in [-0.39, 0.29) is 67.1 Å². The Labute approximate surface area is 323 Å². The van der Waals surface area contributed by atoms with Crippen molar-refractivity contribution in [3.8, 4) is 11.8 Å². The number of rotatable bonds is 6. The quantitative estimate of drug-likeness (QED) is 0.141. The molecule has 0 bridgehead atoms. The first-order chi connectivity index (χ1) is 27.3. The topological polar surface area (TPSA) is 132 Å². The zero-order chi connectivity index (χ0) is 40.0. The van der Waals surface area contributed by atoms with Crippen LogP contribution in [0.1, 0.15) is 67.1 Å². The maximum atomic E-state index is 15.8. The number of alkyl halides is 3. The van der Waals surface area contributed by atoms with Crippen molar-refractivity contribution in [2.24, 2.45) is 0 Å². The van der Waals surface area contributed by atoms with Crippen molar-refractivity contribution in [3.63, 3.8) is 0 Å². The minimum Gasteiger partial charge on any atom is -0.368 e. The fourth-order valence-corrected chi connectivity index (χ4v) is 7.43. The van der Waals surface area contributed by atoms with Crippen molar-refractivity contribution in [3.05, 3.63) is 124 Å². The molecule has 5 heterocycles. The lowest BCUT2D eigenvalue weighted by atomic mass is 10.0. The Morgan fingerprint density at radius 3 is 2.58 bits per heavy atom. The van der Waals surface area contributed by atoms with E-state index in [0.717, 1.165) is 11.6 Å². The molecule has 2 aromatic heterocycles. The Kier molecular flexibility index (Phi) is 9.70. The lowest BCUT2D eigenvalue weighted by Crippen LogP contribution is -2.52. The molecule has 3 aliphatic rings. The molecule has 5 aromatic rings. The molecule has 3 aliphatic heterocycles. The summed E-state index contributed by atoms with van der Waals surface area (Å²) in [5, 5.41) is 9.07. The van der Waals surface area contributed by atoms with E-state index in [9.17, 15) is 32.3 Å². The predicted molar refractivity (Wildman–Crippen MR) is 199 cm³/mol. The predicted octanol–water partition coefficient (Wildman–Crippen LogP) is 4.93. The lowest BCUT2D eigenvalue weighted by Gasteiger charge is -2.37.